The molecule has 0 aliphatic heterocycles. The van der Waals surface area contributed by atoms with Gasteiger partial charge in [0.05, 0.1) is 22.9 Å². The molecule has 0 fully saturated rings. The van der Waals surface area contributed by atoms with E-state index in [1.165, 1.54) is 24.3 Å². The third-order valence-electron chi connectivity index (χ3n) is 4.03. The van der Waals surface area contributed by atoms with E-state index < -0.39 is 49.0 Å². The zero-order chi connectivity index (χ0) is 23.5. The summed E-state index contributed by atoms with van der Waals surface area (Å²) in [6, 6.07) is 12.8. The molecule has 0 N–H and O–H groups in total. The molecular formula is C20H26I2O6S2. The van der Waals surface area contributed by atoms with Crippen molar-refractivity contribution in [1.82, 2.24) is 0 Å². The number of halogens is 2. The van der Waals surface area contributed by atoms with Crippen molar-refractivity contribution in [2.24, 2.45) is 0 Å². The first-order chi connectivity index (χ1) is 13.4. The summed E-state index contributed by atoms with van der Waals surface area (Å²) in [4.78, 5) is 0.339. The molecule has 168 valence electrons. The van der Waals surface area contributed by atoms with Gasteiger partial charge in [0.1, 0.15) is 0 Å². The molecule has 0 aromatic heterocycles. The lowest BCUT2D eigenvalue weighted by atomic mass is 10.3. The van der Waals surface area contributed by atoms with Crippen LogP contribution >= 0.6 is 42.4 Å². The van der Waals surface area contributed by atoms with Crippen LogP contribution in [0.15, 0.2) is 58.3 Å². The second-order valence-electron chi connectivity index (χ2n) is 8.31. The van der Waals surface area contributed by atoms with Crippen LogP contribution < -0.4 is 0 Å². The van der Waals surface area contributed by atoms with Crippen LogP contribution in [-0.2, 0) is 25.8 Å². The van der Waals surface area contributed by atoms with E-state index in [9.17, 15) is 23.0 Å². The molecule has 2 rings (SSSR count). The molecule has 0 unspecified atom stereocenters. The maximum Gasteiger partial charge on any atom is 0.342 e. The van der Waals surface area contributed by atoms with E-state index in [4.69, 9.17) is 0 Å². The standard InChI is InChI=1S/C10H13IO4S.C10H13IO2S/c1-10(2,3)16(14,15)9-7-5-4-6-8(9)11(12)13;1-10(2,3)14(12,13)9-7-5-4-6-8(9)11/h4-7H,1-3H3;4-7H,1-3H3. The Morgan fingerprint density at radius 1 is 0.667 bits per heavy atom. The lowest BCUT2D eigenvalue weighted by Crippen LogP contribution is -2.28. The van der Waals surface area contributed by atoms with Crippen LogP contribution in [0.2, 0.25) is 0 Å². The zero-order valence-corrected chi connectivity index (χ0v) is 23.6. The summed E-state index contributed by atoms with van der Waals surface area (Å²) < 4.78 is 69.5. The number of hydrogen-bond donors (Lipinski definition) is 0. The third kappa shape index (κ3) is 6.22. The highest BCUT2D eigenvalue weighted by atomic mass is 127. The molecule has 2 aromatic carbocycles. The van der Waals surface area contributed by atoms with Crippen molar-refractivity contribution in [3.05, 3.63) is 55.7 Å². The lowest BCUT2D eigenvalue weighted by Gasteiger charge is -2.19. The van der Waals surface area contributed by atoms with E-state index in [-0.39, 0.29) is 8.47 Å². The normalized spacial score (nSPS) is 12.9. The van der Waals surface area contributed by atoms with E-state index >= 15 is 0 Å². The second kappa shape index (κ2) is 9.90. The Morgan fingerprint density at radius 3 is 1.43 bits per heavy atom. The molecule has 0 aliphatic carbocycles. The molecule has 0 saturated heterocycles. The minimum Gasteiger partial charge on any atom is -0.230 e. The molecule has 0 heterocycles. The largest absolute Gasteiger partial charge is 0.342 e. The van der Waals surface area contributed by atoms with Gasteiger partial charge in [-0.05, 0) is 88.4 Å². The van der Waals surface area contributed by atoms with Crippen molar-refractivity contribution >= 4 is 62.1 Å². The predicted octanol–water partition coefficient (Wildman–Crippen LogP) is 5.49. The van der Waals surface area contributed by atoms with Crippen LogP contribution in [0.25, 0.3) is 0 Å². The van der Waals surface area contributed by atoms with Gasteiger partial charge >= 0.3 is 19.8 Å². The zero-order valence-electron chi connectivity index (χ0n) is 17.6. The van der Waals surface area contributed by atoms with Crippen molar-refractivity contribution in [1.29, 1.82) is 0 Å². The summed E-state index contributed by atoms with van der Waals surface area (Å²) in [6.07, 6.45) is 0. The molecule has 30 heavy (non-hydrogen) atoms. The van der Waals surface area contributed by atoms with Gasteiger partial charge in [0.25, 0.3) is 0 Å². The molecule has 10 heteroatoms. The van der Waals surface area contributed by atoms with E-state index in [1.54, 1.807) is 59.7 Å². The molecule has 0 amide bonds. The predicted molar refractivity (Wildman–Crippen MR) is 134 cm³/mol. The summed E-state index contributed by atoms with van der Waals surface area (Å²) in [5, 5.41) is 0. The molecule has 0 radical (unpaired) electrons. The average molecular weight is 680 g/mol. The smallest absolute Gasteiger partial charge is 0.230 e. The van der Waals surface area contributed by atoms with E-state index in [1.807, 2.05) is 28.7 Å². The summed E-state index contributed by atoms with van der Waals surface area (Å²) >= 11 is -1.74. The van der Waals surface area contributed by atoms with Crippen molar-refractivity contribution in [3.63, 3.8) is 0 Å². The minimum atomic E-state index is -3.79. The SMILES string of the molecule is CC(C)(C)S(=O)(=O)c1ccccc1I.CC(C)(C)S(=O)(=O)c1ccccc1I(=O)=O. The third-order valence-corrected chi connectivity index (χ3v) is 12.7. The lowest BCUT2D eigenvalue weighted by molar-refractivity contribution is 0.558. The van der Waals surface area contributed by atoms with Crippen molar-refractivity contribution in [2.45, 2.75) is 60.8 Å². The molecule has 0 spiro atoms. The Bertz CT molecular complexity index is 1180. The fraction of sp³-hybridized carbons (Fsp3) is 0.400. The number of hydrogen-bond acceptors (Lipinski definition) is 6. The van der Waals surface area contributed by atoms with Gasteiger partial charge in [-0.3, -0.25) is 0 Å². The maximum atomic E-state index is 12.1. The summed E-state index contributed by atoms with van der Waals surface area (Å²) in [7, 11) is -6.83. The van der Waals surface area contributed by atoms with Gasteiger partial charge in [-0.1, -0.05) is 24.3 Å². The quantitative estimate of drug-likeness (QED) is 0.398. The highest BCUT2D eigenvalue weighted by Gasteiger charge is 2.33. The van der Waals surface area contributed by atoms with E-state index in [0.29, 0.717) is 4.90 Å². The Labute approximate surface area is 200 Å². The fourth-order valence-electron chi connectivity index (χ4n) is 2.11. The van der Waals surface area contributed by atoms with Crippen molar-refractivity contribution < 1.29 is 23.0 Å². The van der Waals surface area contributed by atoms with Crippen LogP contribution in [-0.4, -0.2) is 26.3 Å². The molecular weight excluding hydrogens is 654 g/mol. The van der Waals surface area contributed by atoms with Gasteiger partial charge in [0.15, 0.2) is 19.7 Å². The van der Waals surface area contributed by atoms with E-state index in [2.05, 4.69) is 0 Å². The minimum absolute atomic E-state index is 0.0541. The van der Waals surface area contributed by atoms with Crippen molar-refractivity contribution in [3.8, 4) is 0 Å². The molecule has 0 bridgehead atoms. The number of sulfone groups is 2. The summed E-state index contributed by atoms with van der Waals surface area (Å²) in [5.74, 6) is 0. The molecule has 6 nitrogen and oxygen atoms in total. The van der Waals surface area contributed by atoms with Gasteiger partial charge in [0.2, 0.25) is 0 Å². The second-order valence-corrected chi connectivity index (χ2v) is 17.2. The first-order valence-corrected chi connectivity index (χ1v) is 15.7. The Hall–Kier alpha value is -0.600. The molecule has 0 aliphatic rings. The van der Waals surface area contributed by atoms with Crippen LogP contribution in [0.1, 0.15) is 41.5 Å². The van der Waals surface area contributed by atoms with Crippen LogP contribution in [0.4, 0.5) is 0 Å². The number of rotatable bonds is 3. The van der Waals surface area contributed by atoms with Gasteiger partial charge in [-0.25, -0.2) is 23.0 Å². The molecule has 0 atom stereocenters. The number of benzene rings is 2. The average Bonchev–Trinajstić information content (AvgIpc) is 2.60. The summed E-state index contributed by atoms with van der Waals surface area (Å²) in [5.41, 5.74) is 0. The van der Waals surface area contributed by atoms with E-state index in [0.717, 1.165) is 3.57 Å². The molecule has 2 aromatic rings. The molecule has 0 saturated carbocycles. The highest BCUT2D eigenvalue weighted by Crippen LogP contribution is 2.32. The van der Waals surface area contributed by atoms with Crippen LogP contribution in [0.5, 0.6) is 0 Å². The van der Waals surface area contributed by atoms with Gasteiger partial charge in [-0.2, -0.15) is 0 Å². The Kier molecular flexibility index (Phi) is 9.06. The summed E-state index contributed by atoms with van der Waals surface area (Å²) in [6.45, 7) is 9.79. The van der Waals surface area contributed by atoms with Crippen molar-refractivity contribution in [2.75, 3.05) is 0 Å². The topological polar surface area (TPSA) is 102 Å². The monoisotopic (exact) mass is 680 g/mol. The first-order valence-electron chi connectivity index (χ1n) is 8.82. The first kappa shape index (κ1) is 27.4. The Morgan fingerprint density at radius 2 is 1.03 bits per heavy atom. The van der Waals surface area contributed by atoms with Gasteiger partial charge in [-0.15, -0.1) is 0 Å². The van der Waals surface area contributed by atoms with Gasteiger partial charge in [0, 0.05) is 3.57 Å². The highest BCUT2D eigenvalue weighted by molar-refractivity contribution is 14.2. The Balaban J connectivity index is 0.000000303. The van der Waals surface area contributed by atoms with Gasteiger partial charge < -0.3 is 0 Å². The fourth-order valence-corrected chi connectivity index (χ4v) is 8.26. The maximum absolute atomic E-state index is 12.1. The van der Waals surface area contributed by atoms with Crippen LogP contribution in [0, 0.1) is 7.14 Å². The van der Waals surface area contributed by atoms with Crippen LogP contribution in [0.3, 0.4) is 0 Å².